The van der Waals surface area contributed by atoms with Gasteiger partial charge in [0.25, 0.3) is 0 Å². The molecule has 0 spiro atoms. The van der Waals surface area contributed by atoms with Crippen molar-refractivity contribution in [3.05, 3.63) is 42.0 Å². The molecule has 0 radical (unpaired) electrons. The van der Waals surface area contributed by atoms with Gasteiger partial charge in [0, 0.05) is 13.1 Å². The average Bonchev–Trinajstić information content (AvgIpc) is 3.07. The predicted molar refractivity (Wildman–Crippen MR) is 89.5 cm³/mol. The molecule has 5 nitrogen and oxygen atoms in total. The van der Waals surface area contributed by atoms with Gasteiger partial charge in [0.1, 0.15) is 5.75 Å². The molecule has 2 aromatic rings. The number of carbonyl (C=O) groups excluding carboxylic acids is 1. The van der Waals surface area contributed by atoms with Crippen LogP contribution in [0.2, 0.25) is 0 Å². The van der Waals surface area contributed by atoms with Crippen molar-refractivity contribution in [3.8, 4) is 5.75 Å². The quantitative estimate of drug-likeness (QED) is 0.911. The lowest BCUT2D eigenvalue weighted by Crippen LogP contribution is -2.43. The summed E-state index contributed by atoms with van der Waals surface area (Å²) in [5.74, 6) is 0.836. The van der Waals surface area contributed by atoms with Crippen LogP contribution < -0.4 is 10.1 Å². The topological polar surface area (TPSA) is 61.8 Å². The Labute approximate surface area is 135 Å². The highest BCUT2D eigenvalue weighted by Crippen LogP contribution is 2.22. The van der Waals surface area contributed by atoms with Crippen LogP contribution in [-0.4, -0.2) is 42.3 Å². The number of methoxy groups -OCH3 is 1. The fraction of sp³-hybridized carbons (Fsp3) is 0.389. The van der Waals surface area contributed by atoms with Crippen LogP contribution >= 0.6 is 0 Å². The summed E-state index contributed by atoms with van der Waals surface area (Å²) in [4.78, 5) is 14.0. The van der Waals surface area contributed by atoms with E-state index < -0.39 is 0 Å². The summed E-state index contributed by atoms with van der Waals surface area (Å²) >= 11 is 0. The zero-order valence-electron chi connectivity index (χ0n) is 13.3. The molecule has 2 amide bonds. The normalized spacial score (nSPS) is 17.5. The molecule has 1 fully saturated rings. The Morgan fingerprint density at radius 1 is 1.30 bits per heavy atom. The van der Waals surface area contributed by atoms with Gasteiger partial charge in [-0.15, -0.1) is 0 Å². The van der Waals surface area contributed by atoms with Gasteiger partial charge in [-0.25, -0.2) is 4.79 Å². The number of nitrogens with one attached hydrogen (secondary N) is 1. The van der Waals surface area contributed by atoms with E-state index in [0.29, 0.717) is 13.1 Å². The minimum Gasteiger partial charge on any atom is -0.497 e. The summed E-state index contributed by atoms with van der Waals surface area (Å²) in [5.41, 5.74) is 1.05. The third-order valence-corrected chi connectivity index (χ3v) is 4.40. The summed E-state index contributed by atoms with van der Waals surface area (Å²) in [6.45, 7) is 1.23. The third-order valence-electron chi connectivity index (χ3n) is 4.40. The van der Waals surface area contributed by atoms with Crippen LogP contribution in [-0.2, 0) is 6.54 Å². The number of hydrogen-bond donors (Lipinski definition) is 2. The number of hydrogen-bond acceptors (Lipinski definition) is 3. The van der Waals surface area contributed by atoms with Crippen molar-refractivity contribution in [3.63, 3.8) is 0 Å². The van der Waals surface area contributed by atoms with Crippen molar-refractivity contribution in [2.24, 2.45) is 0 Å². The number of urea groups is 1. The second-order valence-electron chi connectivity index (χ2n) is 5.88. The largest absolute Gasteiger partial charge is 0.497 e. The van der Waals surface area contributed by atoms with Gasteiger partial charge in [0.2, 0.25) is 0 Å². The number of aliphatic hydroxyl groups is 1. The Bertz CT molecular complexity index is 702. The molecule has 2 aromatic carbocycles. The Kier molecular flexibility index (Phi) is 4.67. The van der Waals surface area contributed by atoms with E-state index in [2.05, 4.69) is 11.4 Å². The number of fused-ring (bicyclic) bond motifs is 1. The van der Waals surface area contributed by atoms with Crippen LogP contribution in [0.25, 0.3) is 10.8 Å². The number of benzene rings is 2. The van der Waals surface area contributed by atoms with Crippen LogP contribution in [0, 0.1) is 0 Å². The zero-order valence-corrected chi connectivity index (χ0v) is 13.3. The van der Waals surface area contributed by atoms with Gasteiger partial charge in [0.05, 0.1) is 19.8 Å². The molecule has 0 bridgehead atoms. The first-order valence-corrected chi connectivity index (χ1v) is 7.93. The summed E-state index contributed by atoms with van der Waals surface area (Å²) < 4.78 is 5.23. The molecule has 0 aliphatic carbocycles. The Morgan fingerprint density at radius 3 is 2.87 bits per heavy atom. The highest BCUT2D eigenvalue weighted by Gasteiger charge is 2.27. The highest BCUT2D eigenvalue weighted by molar-refractivity contribution is 5.84. The number of aliphatic hydroxyl groups excluding tert-OH is 1. The molecule has 0 aromatic heterocycles. The second kappa shape index (κ2) is 6.87. The third kappa shape index (κ3) is 3.40. The molecule has 122 valence electrons. The molecule has 1 aliphatic rings. The van der Waals surface area contributed by atoms with Crippen LogP contribution in [0.3, 0.4) is 0 Å². The van der Waals surface area contributed by atoms with Crippen molar-refractivity contribution in [1.29, 1.82) is 0 Å². The predicted octanol–water partition coefficient (Wildman–Crippen LogP) is 2.51. The SMILES string of the molecule is COc1ccc2cc(CNC(=O)N3CCC[C@H]3CO)ccc2c1. The van der Waals surface area contributed by atoms with E-state index in [9.17, 15) is 9.90 Å². The molecular weight excluding hydrogens is 292 g/mol. The van der Waals surface area contributed by atoms with Gasteiger partial charge in [-0.1, -0.05) is 18.2 Å². The lowest BCUT2D eigenvalue weighted by molar-refractivity contribution is 0.157. The second-order valence-corrected chi connectivity index (χ2v) is 5.88. The molecule has 0 saturated carbocycles. The average molecular weight is 314 g/mol. The van der Waals surface area contributed by atoms with Crippen molar-refractivity contribution in [1.82, 2.24) is 10.2 Å². The van der Waals surface area contributed by atoms with Gasteiger partial charge in [-0.2, -0.15) is 0 Å². The summed E-state index contributed by atoms with van der Waals surface area (Å²) in [6.07, 6.45) is 1.83. The molecule has 1 atom stereocenters. The van der Waals surface area contributed by atoms with Crippen LogP contribution in [0.5, 0.6) is 5.75 Å². The number of nitrogens with zero attached hydrogens (tertiary/aromatic N) is 1. The standard InChI is InChI=1S/C18H22N2O3/c1-23-17-7-6-14-9-13(4-5-15(14)10-17)11-19-18(22)20-8-2-3-16(20)12-21/h4-7,9-10,16,21H,2-3,8,11-12H2,1H3,(H,19,22)/t16-/m0/s1. The van der Waals surface area contributed by atoms with E-state index in [1.54, 1.807) is 12.0 Å². The molecular formula is C18H22N2O3. The van der Waals surface area contributed by atoms with Crippen LogP contribution in [0.4, 0.5) is 4.79 Å². The monoisotopic (exact) mass is 314 g/mol. The van der Waals surface area contributed by atoms with E-state index in [0.717, 1.165) is 34.9 Å². The number of ether oxygens (including phenoxy) is 1. The maximum Gasteiger partial charge on any atom is 0.317 e. The highest BCUT2D eigenvalue weighted by atomic mass is 16.5. The van der Waals surface area contributed by atoms with Crippen molar-refractivity contribution in [2.75, 3.05) is 20.3 Å². The first-order valence-electron chi connectivity index (χ1n) is 7.93. The molecule has 5 heteroatoms. The van der Waals surface area contributed by atoms with E-state index in [-0.39, 0.29) is 18.7 Å². The van der Waals surface area contributed by atoms with Gasteiger partial charge in [0.15, 0.2) is 0 Å². The fourth-order valence-corrected chi connectivity index (χ4v) is 3.08. The molecule has 23 heavy (non-hydrogen) atoms. The zero-order chi connectivity index (χ0) is 16.2. The summed E-state index contributed by atoms with van der Waals surface area (Å²) in [6, 6.07) is 11.9. The fourth-order valence-electron chi connectivity index (χ4n) is 3.08. The Hall–Kier alpha value is -2.27. The Morgan fingerprint density at radius 2 is 2.09 bits per heavy atom. The van der Waals surface area contributed by atoms with Crippen molar-refractivity contribution in [2.45, 2.75) is 25.4 Å². The van der Waals surface area contributed by atoms with Crippen molar-refractivity contribution >= 4 is 16.8 Å². The van der Waals surface area contributed by atoms with E-state index >= 15 is 0 Å². The van der Waals surface area contributed by atoms with E-state index in [4.69, 9.17) is 4.74 Å². The number of carbonyl (C=O) groups is 1. The van der Waals surface area contributed by atoms with Crippen LogP contribution in [0.1, 0.15) is 18.4 Å². The number of rotatable bonds is 4. The maximum absolute atomic E-state index is 12.2. The first-order chi connectivity index (χ1) is 11.2. The smallest absolute Gasteiger partial charge is 0.317 e. The first kappa shape index (κ1) is 15.6. The van der Waals surface area contributed by atoms with Crippen molar-refractivity contribution < 1.29 is 14.6 Å². The van der Waals surface area contributed by atoms with Gasteiger partial charge < -0.3 is 20.1 Å². The number of amides is 2. The van der Waals surface area contributed by atoms with E-state index in [1.165, 1.54) is 0 Å². The molecule has 0 unspecified atom stereocenters. The van der Waals surface area contributed by atoms with E-state index in [1.807, 2.05) is 30.3 Å². The lowest BCUT2D eigenvalue weighted by Gasteiger charge is -2.23. The maximum atomic E-state index is 12.2. The molecule has 3 rings (SSSR count). The Balaban J connectivity index is 1.66. The summed E-state index contributed by atoms with van der Waals surface area (Å²) in [5, 5.41) is 14.5. The minimum atomic E-state index is -0.101. The van der Waals surface area contributed by atoms with Gasteiger partial charge >= 0.3 is 6.03 Å². The molecule has 2 N–H and O–H groups in total. The number of likely N-dealkylation sites (tertiary alicyclic amines) is 1. The van der Waals surface area contributed by atoms with Gasteiger partial charge in [-0.05, 0) is 47.4 Å². The molecule has 1 heterocycles. The summed E-state index contributed by atoms with van der Waals surface area (Å²) in [7, 11) is 1.66. The minimum absolute atomic E-state index is 0.0330. The van der Waals surface area contributed by atoms with Gasteiger partial charge in [-0.3, -0.25) is 0 Å². The molecule has 1 saturated heterocycles. The lowest BCUT2D eigenvalue weighted by atomic mass is 10.1. The van der Waals surface area contributed by atoms with Crippen LogP contribution in [0.15, 0.2) is 36.4 Å². The molecule has 1 aliphatic heterocycles.